The van der Waals surface area contributed by atoms with E-state index in [2.05, 4.69) is 17.4 Å². The average molecular weight is 253 g/mol. The lowest BCUT2D eigenvalue weighted by Gasteiger charge is -2.28. The van der Waals surface area contributed by atoms with Crippen molar-refractivity contribution in [1.29, 1.82) is 0 Å². The van der Waals surface area contributed by atoms with Crippen molar-refractivity contribution in [2.75, 3.05) is 27.9 Å². The van der Waals surface area contributed by atoms with E-state index in [1.807, 2.05) is 18.2 Å². The maximum Gasteiger partial charge on any atom is 0.282 e. The molecule has 4 nitrogen and oxygen atoms in total. The quantitative estimate of drug-likeness (QED) is 0.541. The van der Waals surface area contributed by atoms with Crippen molar-refractivity contribution in [1.82, 2.24) is 5.32 Å². The van der Waals surface area contributed by atoms with Crippen molar-refractivity contribution in [2.24, 2.45) is 0 Å². The molecule has 18 heavy (non-hydrogen) atoms. The Hall–Kier alpha value is -0.940. The van der Waals surface area contributed by atoms with Gasteiger partial charge < -0.3 is 19.5 Å². The molecule has 1 aromatic carbocycles. The van der Waals surface area contributed by atoms with Gasteiger partial charge in [-0.15, -0.1) is 0 Å². The molecule has 0 atom stereocenters. The molecule has 1 rings (SSSR count). The van der Waals surface area contributed by atoms with Crippen LogP contribution in [0.2, 0.25) is 0 Å². The van der Waals surface area contributed by atoms with Crippen LogP contribution in [-0.2, 0) is 20.8 Å². The van der Waals surface area contributed by atoms with Gasteiger partial charge in [-0.05, 0) is 18.5 Å². The van der Waals surface area contributed by atoms with E-state index < -0.39 is 5.97 Å². The summed E-state index contributed by atoms with van der Waals surface area (Å²) in [5.74, 6) is -0.908. The van der Waals surface area contributed by atoms with Crippen LogP contribution in [0.1, 0.15) is 18.4 Å². The Morgan fingerprint density at radius 3 is 2.17 bits per heavy atom. The second kappa shape index (κ2) is 8.21. The molecule has 0 aliphatic rings. The molecule has 0 unspecified atom stereocenters. The predicted molar refractivity (Wildman–Crippen MR) is 71.1 cm³/mol. The normalized spacial score (nSPS) is 11.7. The maximum atomic E-state index is 5.23. The fraction of sp³-hybridized carbons (Fsp3) is 0.571. The van der Waals surface area contributed by atoms with Crippen molar-refractivity contribution < 1.29 is 14.2 Å². The van der Waals surface area contributed by atoms with Crippen LogP contribution >= 0.6 is 0 Å². The van der Waals surface area contributed by atoms with Crippen LogP contribution in [0, 0.1) is 0 Å². The first-order chi connectivity index (χ1) is 8.76. The van der Waals surface area contributed by atoms with E-state index in [1.165, 1.54) is 5.56 Å². The lowest BCUT2D eigenvalue weighted by atomic mass is 10.2. The average Bonchev–Trinajstić information content (AvgIpc) is 2.45. The molecule has 4 heteroatoms. The summed E-state index contributed by atoms with van der Waals surface area (Å²) in [5, 5.41) is 3.38. The minimum atomic E-state index is -0.908. The molecule has 0 spiro atoms. The molecule has 0 saturated heterocycles. The predicted octanol–water partition coefficient (Wildman–Crippen LogP) is 2.15. The van der Waals surface area contributed by atoms with Gasteiger partial charge in [-0.1, -0.05) is 30.3 Å². The SMILES string of the molecule is COC(CCCNCc1ccccc1)(OC)OC. The van der Waals surface area contributed by atoms with Gasteiger partial charge in [-0.25, -0.2) is 0 Å². The second-order valence-electron chi connectivity index (χ2n) is 4.06. The van der Waals surface area contributed by atoms with Crippen molar-refractivity contribution in [2.45, 2.75) is 25.4 Å². The number of ether oxygens (including phenoxy) is 3. The molecule has 0 heterocycles. The van der Waals surface area contributed by atoms with E-state index in [0.29, 0.717) is 6.42 Å². The molecule has 0 bridgehead atoms. The standard InChI is InChI=1S/C14H23NO3/c1-16-14(17-2,18-3)10-7-11-15-12-13-8-5-4-6-9-13/h4-6,8-9,15H,7,10-12H2,1-3H3. The van der Waals surface area contributed by atoms with Crippen LogP contribution in [0.3, 0.4) is 0 Å². The van der Waals surface area contributed by atoms with Crippen LogP contribution in [0.5, 0.6) is 0 Å². The van der Waals surface area contributed by atoms with E-state index >= 15 is 0 Å². The van der Waals surface area contributed by atoms with Crippen molar-refractivity contribution in [3.63, 3.8) is 0 Å². The first-order valence-electron chi connectivity index (χ1n) is 6.16. The second-order valence-corrected chi connectivity index (χ2v) is 4.06. The van der Waals surface area contributed by atoms with Crippen LogP contribution in [0.25, 0.3) is 0 Å². The zero-order valence-electron chi connectivity index (χ0n) is 11.4. The van der Waals surface area contributed by atoms with Crippen LogP contribution in [0.4, 0.5) is 0 Å². The number of nitrogens with one attached hydrogen (secondary N) is 1. The van der Waals surface area contributed by atoms with Gasteiger partial charge in [0.2, 0.25) is 0 Å². The molecule has 0 aliphatic heterocycles. The largest absolute Gasteiger partial charge is 0.331 e. The lowest BCUT2D eigenvalue weighted by molar-refractivity contribution is -0.355. The molecule has 0 aliphatic carbocycles. The van der Waals surface area contributed by atoms with Crippen LogP contribution in [-0.4, -0.2) is 33.8 Å². The summed E-state index contributed by atoms with van der Waals surface area (Å²) in [5.41, 5.74) is 1.29. The Morgan fingerprint density at radius 1 is 1.00 bits per heavy atom. The number of hydrogen-bond acceptors (Lipinski definition) is 4. The van der Waals surface area contributed by atoms with Gasteiger partial charge in [-0.2, -0.15) is 0 Å². The first kappa shape index (κ1) is 15.1. The Balaban J connectivity index is 2.18. The molecule has 102 valence electrons. The molecule has 0 aromatic heterocycles. The summed E-state index contributed by atoms with van der Waals surface area (Å²) < 4.78 is 15.7. The first-order valence-corrected chi connectivity index (χ1v) is 6.16. The summed E-state index contributed by atoms with van der Waals surface area (Å²) in [6.45, 7) is 1.77. The van der Waals surface area contributed by atoms with Crippen molar-refractivity contribution in [3.8, 4) is 0 Å². The van der Waals surface area contributed by atoms with Crippen molar-refractivity contribution in [3.05, 3.63) is 35.9 Å². The van der Waals surface area contributed by atoms with Gasteiger partial charge >= 0.3 is 0 Å². The Morgan fingerprint density at radius 2 is 1.61 bits per heavy atom. The fourth-order valence-electron chi connectivity index (χ4n) is 1.81. The van der Waals surface area contributed by atoms with Gasteiger partial charge in [0.05, 0.1) is 0 Å². The molecule has 0 amide bonds. The van der Waals surface area contributed by atoms with E-state index in [4.69, 9.17) is 14.2 Å². The van der Waals surface area contributed by atoms with E-state index in [1.54, 1.807) is 21.3 Å². The number of rotatable bonds is 9. The summed E-state index contributed by atoms with van der Waals surface area (Å²) in [7, 11) is 4.76. The molecule has 1 N–H and O–H groups in total. The summed E-state index contributed by atoms with van der Waals surface area (Å²) >= 11 is 0. The topological polar surface area (TPSA) is 39.7 Å². The lowest BCUT2D eigenvalue weighted by Crippen LogP contribution is -2.36. The summed E-state index contributed by atoms with van der Waals surface area (Å²) in [4.78, 5) is 0. The molecule has 0 saturated carbocycles. The minimum absolute atomic E-state index is 0.693. The highest BCUT2D eigenvalue weighted by Crippen LogP contribution is 2.18. The molecule has 0 radical (unpaired) electrons. The molecule has 1 aromatic rings. The van der Waals surface area contributed by atoms with E-state index in [-0.39, 0.29) is 0 Å². The van der Waals surface area contributed by atoms with E-state index in [9.17, 15) is 0 Å². The third-order valence-corrected chi connectivity index (χ3v) is 2.94. The summed E-state index contributed by atoms with van der Waals surface area (Å²) in [6, 6.07) is 10.3. The Kier molecular flexibility index (Phi) is 6.90. The van der Waals surface area contributed by atoms with Crippen molar-refractivity contribution >= 4 is 0 Å². The highest BCUT2D eigenvalue weighted by molar-refractivity contribution is 5.14. The Labute approximate surface area is 109 Å². The van der Waals surface area contributed by atoms with Gasteiger partial charge in [0, 0.05) is 34.3 Å². The van der Waals surface area contributed by atoms with Crippen LogP contribution < -0.4 is 5.32 Å². The van der Waals surface area contributed by atoms with Crippen LogP contribution in [0.15, 0.2) is 30.3 Å². The van der Waals surface area contributed by atoms with E-state index in [0.717, 1.165) is 19.5 Å². The highest BCUT2D eigenvalue weighted by atomic mass is 16.9. The van der Waals surface area contributed by atoms with Gasteiger partial charge in [0.1, 0.15) is 0 Å². The monoisotopic (exact) mass is 253 g/mol. The van der Waals surface area contributed by atoms with Gasteiger partial charge in [-0.3, -0.25) is 0 Å². The zero-order chi connectivity index (χ0) is 13.3. The number of hydrogen-bond donors (Lipinski definition) is 1. The van der Waals surface area contributed by atoms with Gasteiger partial charge in [0.25, 0.3) is 5.97 Å². The third-order valence-electron chi connectivity index (χ3n) is 2.94. The third kappa shape index (κ3) is 4.74. The maximum absolute atomic E-state index is 5.23. The molecular formula is C14H23NO3. The number of methoxy groups -OCH3 is 3. The Bertz CT molecular complexity index is 304. The minimum Gasteiger partial charge on any atom is -0.331 e. The zero-order valence-corrected chi connectivity index (χ0v) is 11.4. The smallest absolute Gasteiger partial charge is 0.282 e. The summed E-state index contributed by atoms with van der Waals surface area (Å²) in [6.07, 6.45) is 1.61. The molecule has 0 fully saturated rings. The highest BCUT2D eigenvalue weighted by Gasteiger charge is 2.28. The number of benzene rings is 1. The van der Waals surface area contributed by atoms with Gasteiger partial charge in [0.15, 0.2) is 0 Å². The fourth-order valence-corrected chi connectivity index (χ4v) is 1.81. The molecular weight excluding hydrogens is 230 g/mol.